The molecule has 0 aliphatic heterocycles. The van der Waals surface area contributed by atoms with Crippen molar-refractivity contribution >= 4 is 11.5 Å². The Bertz CT molecular complexity index is 525. The van der Waals surface area contributed by atoms with E-state index in [0.717, 1.165) is 5.69 Å². The van der Waals surface area contributed by atoms with Crippen molar-refractivity contribution in [3.05, 3.63) is 54.6 Å². The molecule has 0 bridgehead atoms. The maximum Gasteiger partial charge on any atom is 0.102 e. The van der Waals surface area contributed by atoms with Crippen molar-refractivity contribution in [3.8, 4) is 11.1 Å². The molecule has 0 unspecified atom stereocenters. The molecular weight excluding hydrogens is 220 g/mol. The van der Waals surface area contributed by atoms with Crippen molar-refractivity contribution in [2.45, 2.75) is 13.8 Å². The number of aliphatic imine (C=N–C) groups is 1. The molecular formula is C16H18N2. The summed E-state index contributed by atoms with van der Waals surface area (Å²) >= 11 is 0. The van der Waals surface area contributed by atoms with Crippen LogP contribution in [-0.2, 0) is 0 Å². The molecule has 2 N–H and O–H groups in total. The van der Waals surface area contributed by atoms with Gasteiger partial charge in [-0.15, -0.1) is 0 Å². The van der Waals surface area contributed by atoms with E-state index in [1.807, 2.05) is 44.2 Å². The second-order valence-electron chi connectivity index (χ2n) is 4.60. The van der Waals surface area contributed by atoms with Gasteiger partial charge in [0.15, 0.2) is 0 Å². The van der Waals surface area contributed by atoms with Crippen LogP contribution >= 0.6 is 0 Å². The third kappa shape index (κ3) is 2.98. The molecule has 2 heteroatoms. The van der Waals surface area contributed by atoms with Gasteiger partial charge in [-0.3, -0.25) is 0 Å². The highest BCUT2D eigenvalue weighted by molar-refractivity contribution is 5.85. The van der Waals surface area contributed by atoms with Crippen molar-refractivity contribution in [1.29, 1.82) is 0 Å². The average Bonchev–Trinajstić information content (AvgIpc) is 2.40. The first-order chi connectivity index (χ1) is 8.66. The third-order valence-electron chi connectivity index (χ3n) is 2.82. The lowest BCUT2D eigenvalue weighted by Crippen LogP contribution is -2.17. The fraction of sp³-hybridized carbons (Fsp3) is 0.188. The first-order valence-electron chi connectivity index (χ1n) is 6.16. The molecule has 18 heavy (non-hydrogen) atoms. The van der Waals surface area contributed by atoms with Crippen molar-refractivity contribution in [2.75, 3.05) is 0 Å². The zero-order valence-corrected chi connectivity index (χ0v) is 10.8. The van der Waals surface area contributed by atoms with E-state index in [0.29, 0.717) is 5.84 Å². The molecule has 2 aromatic carbocycles. The number of nitrogens with zero attached hydrogens (tertiary/aromatic N) is 1. The van der Waals surface area contributed by atoms with Crippen LogP contribution in [0.2, 0.25) is 0 Å². The van der Waals surface area contributed by atoms with E-state index in [-0.39, 0.29) is 5.92 Å². The molecule has 2 rings (SSSR count). The predicted octanol–water partition coefficient (Wildman–Crippen LogP) is 4.00. The molecule has 0 radical (unpaired) electrons. The number of nitrogens with two attached hydrogens (primary N) is 1. The van der Waals surface area contributed by atoms with Crippen molar-refractivity contribution in [1.82, 2.24) is 0 Å². The summed E-state index contributed by atoms with van der Waals surface area (Å²) in [4.78, 5) is 4.39. The van der Waals surface area contributed by atoms with E-state index in [4.69, 9.17) is 5.73 Å². The van der Waals surface area contributed by atoms with Crippen LogP contribution in [0.3, 0.4) is 0 Å². The molecule has 92 valence electrons. The number of rotatable bonds is 3. The van der Waals surface area contributed by atoms with Crippen LogP contribution in [-0.4, -0.2) is 5.84 Å². The van der Waals surface area contributed by atoms with Gasteiger partial charge in [0.05, 0.1) is 5.69 Å². The highest BCUT2D eigenvalue weighted by atomic mass is 14.9. The fourth-order valence-corrected chi connectivity index (χ4v) is 1.64. The van der Waals surface area contributed by atoms with Crippen LogP contribution in [0.1, 0.15) is 13.8 Å². The Morgan fingerprint density at radius 2 is 1.44 bits per heavy atom. The monoisotopic (exact) mass is 238 g/mol. The molecule has 0 aromatic heterocycles. The van der Waals surface area contributed by atoms with Gasteiger partial charge in [-0.2, -0.15) is 0 Å². The van der Waals surface area contributed by atoms with Crippen molar-refractivity contribution in [2.24, 2.45) is 16.6 Å². The summed E-state index contributed by atoms with van der Waals surface area (Å²) in [6, 6.07) is 18.4. The normalized spacial score (nSPS) is 11.8. The van der Waals surface area contributed by atoms with Gasteiger partial charge in [0.2, 0.25) is 0 Å². The van der Waals surface area contributed by atoms with Gasteiger partial charge in [0.1, 0.15) is 5.84 Å². The zero-order valence-electron chi connectivity index (χ0n) is 10.8. The summed E-state index contributed by atoms with van der Waals surface area (Å²) in [5.74, 6) is 0.946. The van der Waals surface area contributed by atoms with E-state index in [9.17, 15) is 0 Å². The van der Waals surface area contributed by atoms with E-state index in [2.05, 4.69) is 29.3 Å². The Morgan fingerprint density at radius 3 is 2.00 bits per heavy atom. The van der Waals surface area contributed by atoms with E-state index in [1.54, 1.807) is 0 Å². The minimum atomic E-state index is 0.277. The lowest BCUT2D eigenvalue weighted by atomic mass is 10.1. The molecule has 0 amide bonds. The van der Waals surface area contributed by atoms with E-state index in [1.165, 1.54) is 11.1 Å². The molecule has 0 saturated carbocycles. The Hall–Kier alpha value is -2.09. The minimum absolute atomic E-state index is 0.277. The molecule has 0 spiro atoms. The van der Waals surface area contributed by atoms with Crippen molar-refractivity contribution in [3.63, 3.8) is 0 Å². The Labute approximate surface area is 108 Å². The third-order valence-corrected chi connectivity index (χ3v) is 2.82. The number of hydrogen-bond acceptors (Lipinski definition) is 1. The Kier molecular flexibility index (Phi) is 3.78. The Morgan fingerprint density at radius 1 is 0.889 bits per heavy atom. The summed E-state index contributed by atoms with van der Waals surface area (Å²) in [5.41, 5.74) is 9.16. The van der Waals surface area contributed by atoms with Crippen LogP contribution in [0.15, 0.2) is 59.6 Å². The quantitative estimate of drug-likeness (QED) is 0.637. The summed E-state index contributed by atoms with van der Waals surface area (Å²) in [7, 11) is 0. The van der Waals surface area contributed by atoms with Gasteiger partial charge in [0.25, 0.3) is 0 Å². The Balaban J connectivity index is 2.24. The van der Waals surface area contributed by atoms with Gasteiger partial charge in [-0.25, -0.2) is 4.99 Å². The van der Waals surface area contributed by atoms with Crippen LogP contribution in [0, 0.1) is 5.92 Å². The van der Waals surface area contributed by atoms with Crippen molar-refractivity contribution < 1.29 is 0 Å². The zero-order chi connectivity index (χ0) is 13.0. The van der Waals surface area contributed by atoms with E-state index >= 15 is 0 Å². The van der Waals surface area contributed by atoms with Crippen LogP contribution < -0.4 is 5.73 Å². The first kappa shape index (κ1) is 12.4. The van der Waals surface area contributed by atoms with Gasteiger partial charge in [-0.05, 0) is 23.3 Å². The standard InChI is InChI=1S/C16H18N2/c1-12(2)16(17)18-15-10-8-14(9-11-15)13-6-4-3-5-7-13/h3-12H,1-2H3,(H2,17,18). The maximum atomic E-state index is 5.85. The fourth-order valence-electron chi connectivity index (χ4n) is 1.64. The lowest BCUT2D eigenvalue weighted by Gasteiger charge is -2.05. The molecule has 2 aromatic rings. The highest BCUT2D eigenvalue weighted by Crippen LogP contribution is 2.22. The largest absolute Gasteiger partial charge is 0.387 e. The second-order valence-corrected chi connectivity index (χ2v) is 4.60. The molecule has 0 heterocycles. The van der Waals surface area contributed by atoms with Gasteiger partial charge < -0.3 is 5.73 Å². The minimum Gasteiger partial charge on any atom is -0.387 e. The topological polar surface area (TPSA) is 38.4 Å². The maximum absolute atomic E-state index is 5.85. The SMILES string of the molecule is CC(C)C(N)=Nc1ccc(-c2ccccc2)cc1. The highest BCUT2D eigenvalue weighted by Gasteiger charge is 2.00. The number of hydrogen-bond donors (Lipinski definition) is 1. The lowest BCUT2D eigenvalue weighted by molar-refractivity contribution is 0.873. The second kappa shape index (κ2) is 5.50. The van der Waals surface area contributed by atoms with E-state index < -0.39 is 0 Å². The molecule has 0 aliphatic rings. The first-order valence-corrected chi connectivity index (χ1v) is 6.16. The molecule has 0 fully saturated rings. The van der Waals surface area contributed by atoms with Gasteiger partial charge in [0, 0.05) is 5.92 Å². The number of amidine groups is 1. The number of benzene rings is 2. The average molecular weight is 238 g/mol. The van der Waals surface area contributed by atoms with Gasteiger partial charge in [-0.1, -0.05) is 56.3 Å². The smallest absolute Gasteiger partial charge is 0.102 e. The molecule has 0 aliphatic carbocycles. The molecule has 0 atom stereocenters. The van der Waals surface area contributed by atoms with Gasteiger partial charge >= 0.3 is 0 Å². The molecule has 0 saturated heterocycles. The molecule has 2 nitrogen and oxygen atoms in total. The van der Waals surface area contributed by atoms with Crippen LogP contribution in [0.25, 0.3) is 11.1 Å². The summed E-state index contributed by atoms with van der Waals surface area (Å²) in [6.07, 6.45) is 0. The summed E-state index contributed by atoms with van der Waals surface area (Å²) in [5, 5.41) is 0. The predicted molar refractivity (Wildman–Crippen MR) is 78.0 cm³/mol. The van der Waals surface area contributed by atoms with Crippen LogP contribution in [0.5, 0.6) is 0 Å². The summed E-state index contributed by atoms with van der Waals surface area (Å²) in [6.45, 7) is 4.08. The summed E-state index contributed by atoms with van der Waals surface area (Å²) < 4.78 is 0. The van der Waals surface area contributed by atoms with Crippen LogP contribution in [0.4, 0.5) is 5.69 Å².